The molecule has 0 bridgehead atoms. The minimum Gasteiger partial charge on any atom is -0.459 e. The second kappa shape index (κ2) is 9.87. The van der Waals surface area contributed by atoms with E-state index >= 15 is 0 Å². The zero-order valence-corrected chi connectivity index (χ0v) is 22.1. The lowest BCUT2D eigenvalue weighted by molar-refractivity contribution is -0.178. The van der Waals surface area contributed by atoms with Gasteiger partial charge in [0.25, 0.3) is 0 Å². The van der Waals surface area contributed by atoms with Gasteiger partial charge in [0, 0.05) is 19.0 Å². The van der Waals surface area contributed by atoms with Gasteiger partial charge in [-0.15, -0.1) is 0 Å². The molecular weight excluding hydrogens is 426 g/mol. The highest BCUT2D eigenvalue weighted by atomic mass is 28.3. The predicted molar refractivity (Wildman–Crippen MR) is 125 cm³/mol. The van der Waals surface area contributed by atoms with Gasteiger partial charge in [0.15, 0.2) is 9.04 Å². The molecule has 1 aliphatic heterocycles. The molecule has 1 aromatic heterocycles. The van der Waals surface area contributed by atoms with E-state index in [2.05, 4.69) is 38.8 Å². The first kappa shape index (κ1) is 26.3. The van der Waals surface area contributed by atoms with Gasteiger partial charge in [0.05, 0.1) is 17.9 Å². The van der Waals surface area contributed by atoms with Crippen molar-refractivity contribution in [2.75, 3.05) is 13.2 Å². The molecule has 1 amide bonds. The molecule has 180 valence electrons. The largest absolute Gasteiger partial charge is 0.459 e. The van der Waals surface area contributed by atoms with Crippen molar-refractivity contribution in [2.45, 2.75) is 73.2 Å². The van der Waals surface area contributed by atoms with Crippen molar-refractivity contribution >= 4 is 26.8 Å². The Balaban J connectivity index is 2.35. The number of carbonyl (C=O) groups is 3. The van der Waals surface area contributed by atoms with E-state index in [4.69, 9.17) is 9.16 Å². The van der Waals surface area contributed by atoms with Crippen molar-refractivity contribution in [3.63, 3.8) is 0 Å². The molecule has 0 aromatic carbocycles. The second-order valence-corrected chi connectivity index (χ2v) is 13.5. The van der Waals surface area contributed by atoms with Crippen LogP contribution < -0.4 is 0 Å². The van der Waals surface area contributed by atoms with Crippen LogP contribution in [0.3, 0.4) is 0 Å². The molecule has 8 nitrogen and oxygen atoms in total. The van der Waals surface area contributed by atoms with Crippen molar-refractivity contribution in [1.82, 2.24) is 14.5 Å². The highest BCUT2D eigenvalue weighted by Crippen LogP contribution is 2.45. The van der Waals surface area contributed by atoms with Crippen LogP contribution in [0.4, 0.5) is 0 Å². The average molecular weight is 466 g/mol. The van der Waals surface area contributed by atoms with Crippen molar-refractivity contribution in [1.29, 1.82) is 0 Å². The zero-order valence-electron chi connectivity index (χ0n) is 20.9. The van der Waals surface area contributed by atoms with E-state index in [-0.39, 0.29) is 29.7 Å². The molecule has 32 heavy (non-hydrogen) atoms. The van der Waals surface area contributed by atoms with Gasteiger partial charge in [0.1, 0.15) is 18.5 Å². The first-order valence-corrected chi connectivity index (χ1v) is 14.1. The molecule has 2 heterocycles. The second-order valence-electron chi connectivity index (χ2n) is 11.0. The number of amides is 1. The Kier molecular flexibility index (Phi) is 8.09. The summed E-state index contributed by atoms with van der Waals surface area (Å²) in [4.78, 5) is 44.5. The fourth-order valence-electron chi connectivity index (χ4n) is 4.24. The van der Waals surface area contributed by atoms with Crippen molar-refractivity contribution in [3.8, 4) is 0 Å². The molecule has 9 heteroatoms. The minimum atomic E-state index is -1.29. The van der Waals surface area contributed by atoms with Gasteiger partial charge in [0.2, 0.25) is 11.8 Å². The summed E-state index contributed by atoms with van der Waals surface area (Å²) in [6.07, 6.45) is 4.61. The van der Waals surface area contributed by atoms with Crippen LogP contribution in [0.1, 0.15) is 53.3 Å². The maximum absolute atomic E-state index is 13.4. The molecule has 1 aromatic rings. The highest BCUT2D eigenvalue weighted by molar-refractivity contribution is 6.48. The molecular formula is C23H39N3O5Si. The fourth-order valence-corrected chi connectivity index (χ4v) is 4.83. The Labute approximate surface area is 193 Å². The van der Waals surface area contributed by atoms with E-state index in [1.165, 1.54) is 15.8 Å². The summed E-state index contributed by atoms with van der Waals surface area (Å²) in [6.45, 7) is 17.9. The monoisotopic (exact) mass is 465 g/mol. The summed E-state index contributed by atoms with van der Waals surface area (Å²) < 4.78 is 12.9. The van der Waals surface area contributed by atoms with Crippen LogP contribution in [0.15, 0.2) is 18.7 Å². The Morgan fingerprint density at radius 2 is 1.81 bits per heavy atom. The normalized spacial score (nSPS) is 21.3. The highest BCUT2D eigenvalue weighted by Gasteiger charge is 2.57. The van der Waals surface area contributed by atoms with Gasteiger partial charge in [-0.2, -0.15) is 0 Å². The number of ether oxygens (including phenoxy) is 1. The third kappa shape index (κ3) is 6.28. The van der Waals surface area contributed by atoms with Crippen LogP contribution in [0.2, 0.25) is 13.1 Å². The average Bonchev–Trinajstić information content (AvgIpc) is 3.16. The quantitative estimate of drug-likeness (QED) is 0.333. The number of carbonyl (C=O) groups excluding carboxylic acids is 3. The van der Waals surface area contributed by atoms with E-state index in [1.54, 1.807) is 33.2 Å². The van der Waals surface area contributed by atoms with Crippen LogP contribution in [0, 0.1) is 23.2 Å². The number of likely N-dealkylation sites (tertiary alicyclic amines) is 1. The number of imidazole rings is 1. The summed E-state index contributed by atoms with van der Waals surface area (Å²) in [5.74, 6) is -1.77. The summed E-state index contributed by atoms with van der Waals surface area (Å²) in [7, 11) is -1.29. The van der Waals surface area contributed by atoms with Crippen molar-refractivity contribution in [2.24, 2.45) is 23.2 Å². The summed E-state index contributed by atoms with van der Waals surface area (Å²) in [5.41, 5.74) is -0.862. The molecule has 0 spiro atoms. The SMILES string of the molecule is C[C@H](C(=O)n1ccnc1)[C@H]1[C@H]([C@@H](CO[SiH](C)C)C(C)(C)C)C(=O)N1CC(=O)OC(C)(C)C. The molecule has 0 unspecified atom stereocenters. The van der Waals surface area contributed by atoms with E-state index in [0.717, 1.165) is 0 Å². The van der Waals surface area contributed by atoms with Crippen LogP contribution in [-0.2, 0) is 18.8 Å². The van der Waals surface area contributed by atoms with Gasteiger partial charge in [-0.05, 0) is 45.2 Å². The lowest BCUT2D eigenvalue weighted by atomic mass is 9.64. The number of aromatic nitrogens is 2. The van der Waals surface area contributed by atoms with Gasteiger partial charge < -0.3 is 14.1 Å². The zero-order chi connectivity index (χ0) is 24.4. The Hall–Kier alpha value is -2.00. The van der Waals surface area contributed by atoms with Gasteiger partial charge >= 0.3 is 5.97 Å². The maximum atomic E-state index is 13.4. The number of rotatable bonds is 8. The third-order valence-corrected chi connectivity index (χ3v) is 6.69. The molecule has 2 rings (SSSR count). The Morgan fingerprint density at radius 1 is 1.19 bits per heavy atom. The van der Waals surface area contributed by atoms with Crippen LogP contribution >= 0.6 is 0 Å². The molecule has 0 N–H and O–H groups in total. The lowest BCUT2D eigenvalue weighted by Crippen LogP contribution is -2.69. The minimum absolute atomic E-state index is 0.0807. The van der Waals surface area contributed by atoms with Crippen molar-refractivity contribution in [3.05, 3.63) is 18.7 Å². The maximum Gasteiger partial charge on any atom is 0.326 e. The van der Waals surface area contributed by atoms with Gasteiger partial charge in [-0.3, -0.25) is 19.0 Å². The Bertz CT molecular complexity index is 811. The topological polar surface area (TPSA) is 90.7 Å². The standard InChI is InChI=1S/C23H39N3O5Si/c1-15(20(28)25-11-10-24-14-25)19-18(16(22(2,3)4)13-30-32(8)9)21(29)26(19)12-17(27)31-23(5,6)7/h10-11,14-16,18-19,32H,12-13H2,1-9H3/t15-,16+,18-,19-/m0/s1. The molecule has 0 saturated carbocycles. The van der Waals surface area contributed by atoms with Crippen molar-refractivity contribution < 1.29 is 23.5 Å². The van der Waals surface area contributed by atoms with E-state index in [9.17, 15) is 14.4 Å². The molecule has 1 fully saturated rings. The van der Waals surface area contributed by atoms with Gasteiger partial charge in [-0.25, -0.2) is 4.98 Å². The molecule has 4 atom stereocenters. The molecule has 1 saturated heterocycles. The summed E-state index contributed by atoms with van der Waals surface area (Å²) in [6, 6.07) is -0.424. The number of hydrogen-bond acceptors (Lipinski definition) is 6. The van der Waals surface area contributed by atoms with Crippen LogP contribution in [0.5, 0.6) is 0 Å². The Morgan fingerprint density at radius 3 is 2.28 bits per heavy atom. The summed E-state index contributed by atoms with van der Waals surface area (Å²) >= 11 is 0. The third-order valence-electron chi connectivity index (χ3n) is 5.83. The molecule has 1 aliphatic rings. The first-order chi connectivity index (χ1) is 14.6. The van der Waals surface area contributed by atoms with Crippen LogP contribution in [-0.4, -0.2) is 66.1 Å². The number of nitrogens with zero attached hydrogens (tertiary/aromatic N) is 3. The first-order valence-electron chi connectivity index (χ1n) is 11.3. The van der Waals surface area contributed by atoms with E-state index in [0.29, 0.717) is 6.61 Å². The number of esters is 1. The predicted octanol–water partition coefficient (Wildman–Crippen LogP) is 2.99. The smallest absolute Gasteiger partial charge is 0.326 e. The molecule has 0 radical (unpaired) electrons. The summed E-state index contributed by atoms with van der Waals surface area (Å²) in [5, 5.41) is 0. The van der Waals surface area contributed by atoms with Crippen LogP contribution in [0.25, 0.3) is 0 Å². The van der Waals surface area contributed by atoms with E-state index < -0.39 is 38.5 Å². The van der Waals surface area contributed by atoms with E-state index in [1.807, 2.05) is 6.92 Å². The van der Waals surface area contributed by atoms with Gasteiger partial charge in [-0.1, -0.05) is 27.7 Å². The molecule has 0 aliphatic carbocycles. The fraction of sp³-hybridized carbons (Fsp3) is 0.739. The number of hydrogen-bond donors (Lipinski definition) is 0. The lowest BCUT2D eigenvalue weighted by Gasteiger charge is -2.54. The number of β-lactam (4-membered cyclic amide) rings is 1.